The van der Waals surface area contributed by atoms with E-state index in [1.807, 2.05) is 38.4 Å². The zero-order valence-corrected chi connectivity index (χ0v) is 14.8. The number of benzene rings is 1. The Morgan fingerprint density at radius 1 is 1.29 bits per heavy atom. The lowest BCUT2D eigenvalue weighted by Gasteiger charge is -2.35. The number of thiophene rings is 1. The molecule has 0 aliphatic rings. The van der Waals surface area contributed by atoms with Crippen molar-refractivity contribution in [2.45, 2.75) is 32.0 Å². The molecule has 0 bridgehead atoms. The molecule has 2 aromatic rings. The summed E-state index contributed by atoms with van der Waals surface area (Å²) in [6.45, 7) is 4.00. The number of nitrogens with zero attached hydrogens (tertiary/aromatic N) is 1. The van der Waals surface area contributed by atoms with E-state index < -0.39 is 0 Å². The van der Waals surface area contributed by atoms with Gasteiger partial charge in [0.2, 0.25) is 0 Å². The summed E-state index contributed by atoms with van der Waals surface area (Å²) in [5.74, 6) is -0.173. The van der Waals surface area contributed by atoms with Crippen LogP contribution in [0.5, 0.6) is 0 Å². The van der Waals surface area contributed by atoms with Crippen LogP contribution in [0, 0.1) is 5.82 Å². The van der Waals surface area contributed by atoms with E-state index >= 15 is 0 Å². The van der Waals surface area contributed by atoms with Crippen LogP contribution in [0.4, 0.5) is 4.39 Å². The maximum atomic E-state index is 14.0. The van der Waals surface area contributed by atoms with E-state index in [1.54, 1.807) is 17.4 Å². The summed E-state index contributed by atoms with van der Waals surface area (Å²) in [5.41, 5.74) is 6.88. The van der Waals surface area contributed by atoms with E-state index in [0.29, 0.717) is 5.56 Å². The quantitative estimate of drug-likeness (QED) is 0.823. The molecule has 2 N–H and O–H groups in total. The van der Waals surface area contributed by atoms with Crippen molar-refractivity contribution < 1.29 is 4.39 Å². The second-order valence-electron chi connectivity index (χ2n) is 5.33. The minimum absolute atomic E-state index is 0.0465. The van der Waals surface area contributed by atoms with Gasteiger partial charge in [-0.15, -0.1) is 11.3 Å². The minimum atomic E-state index is -0.173. The molecule has 5 heteroatoms. The monoisotopic (exact) mass is 370 g/mol. The molecular weight excluding hydrogens is 351 g/mol. The highest BCUT2D eigenvalue weighted by atomic mass is 79.9. The molecule has 1 aromatic carbocycles. The van der Waals surface area contributed by atoms with Gasteiger partial charge in [-0.3, -0.25) is 4.90 Å². The molecule has 0 fully saturated rings. The van der Waals surface area contributed by atoms with Crippen molar-refractivity contribution in [3.8, 4) is 0 Å². The average molecular weight is 371 g/mol. The van der Waals surface area contributed by atoms with E-state index in [1.165, 1.54) is 10.9 Å². The Kier molecular flexibility index (Phi) is 5.54. The van der Waals surface area contributed by atoms with E-state index in [0.717, 1.165) is 4.47 Å². The van der Waals surface area contributed by atoms with Crippen molar-refractivity contribution in [2.75, 3.05) is 7.05 Å². The first-order chi connectivity index (χ1) is 9.91. The lowest BCUT2D eigenvalue weighted by Crippen LogP contribution is -2.38. The third kappa shape index (κ3) is 3.72. The molecule has 2 nitrogen and oxygen atoms in total. The van der Waals surface area contributed by atoms with Crippen LogP contribution in [0.15, 0.2) is 40.2 Å². The molecule has 114 valence electrons. The van der Waals surface area contributed by atoms with Crippen molar-refractivity contribution in [1.29, 1.82) is 0 Å². The molecule has 0 saturated carbocycles. The molecule has 0 saturated heterocycles. The molecule has 0 amide bonds. The van der Waals surface area contributed by atoms with Crippen LogP contribution >= 0.6 is 27.3 Å². The lowest BCUT2D eigenvalue weighted by atomic mass is 10.0. The predicted molar refractivity (Wildman–Crippen MR) is 91.0 cm³/mol. The van der Waals surface area contributed by atoms with Crippen LogP contribution in [-0.4, -0.2) is 18.0 Å². The Labute approximate surface area is 137 Å². The number of rotatable bonds is 5. The summed E-state index contributed by atoms with van der Waals surface area (Å²) in [6, 6.07) is 8.95. The highest BCUT2D eigenvalue weighted by molar-refractivity contribution is 9.10. The second-order valence-corrected chi connectivity index (χ2v) is 7.19. The molecule has 2 rings (SSSR count). The standard InChI is InChI=1S/C16H20BrFN2S/c1-10(19)16(15-8-12(17)9-21-15)20(3)11(2)13-6-4-5-7-14(13)18/h4-11,16H,19H2,1-3H3. The zero-order chi connectivity index (χ0) is 15.6. The Morgan fingerprint density at radius 2 is 1.95 bits per heavy atom. The van der Waals surface area contributed by atoms with Crippen molar-refractivity contribution in [3.05, 3.63) is 56.4 Å². The van der Waals surface area contributed by atoms with Crippen LogP contribution in [-0.2, 0) is 0 Å². The first-order valence-electron chi connectivity index (χ1n) is 6.87. The Balaban J connectivity index is 2.31. The first-order valence-corrected chi connectivity index (χ1v) is 8.55. The van der Waals surface area contributed by atoms with Gasteiger partial charge in [-0.2, -0.15) is 0 Å². The van der Waals surface area contributed by atoms with E-state index in [9.17, 15) is 4.39 Å². The fraction of sp³-hybridized carbons (Fsp3) is 0.375. The van der Waals surface area contributed by atoms with Gasteiger partial charge < -0.3 is 5.73 Å². The summed E-state index contributed by atoms with van der Waals surface area (Å²) in [5, 5.41) is 2.05. The topological polar surface area (TPSA) is 29.3 Å². The number of hydrogen-bond donors (Lipinski definition) is 1. The number of nitrogens with two attached hydrogens (primary N) is 1. The van der Waals surface area contributed by atoms with Crippen molar-refractivity contribution in [3.63, 3.8) is 0 Å². The van der Waals surface area contributed by atoms with Crippen LogP contribution in [0.2, 0.25) is 0 Å². The summed E-state index contributed by atoms with van der Waals surface area (Å²) < 4.78 is 15.1. The maximum Gasteiger partial charge on any atom is 0.127 e. The molecule has 0 radical (unpaired) electrons. The Morgan fingerprint density at radius 3 is 2.48 bits per heavy atom. The van der Waals surface area contributed by atoms with Gasteiger partial charge in [0.25, 0.3) is 0 Å². The molecule has 1 aromatic heterocycles. The van der Waals surface area contributed by atoms with Gasteiger partial charge in [0.05, 0.1) is 6.04 Å². The zero-order valence-electron chi connectivity index (χ0n) is 12.4. The fourth-order valence-corrected chi connectivity index (χ4v) is 4.30. The van der Waals surface area contributed by atoms with Crippen molar-refractivity contribution >= 4 is 27.3 Å². The van der Waals surface area contributed by atoms with E-state index in [-0.39, 0.29) is 23.9 Å². The van der Waals surface area contributed by atoms with Crippen molar-refractivity contribution in [1.82, 2.24) is 4.90 Å². The fourth-order valence-electron chi connectivity index (χ4n) is 2.59. The first kappa shape index (κ1) is 16.6. The molecule has 3 atom stereocenters. The van der Waals surface area contributed by atoms with Crippen LogP contribution in [0.1, 0.15) is 36.4 Å². The van der Waals surface area contributed by atoms with Gasteiger partial charge in [0, 0.05) is 32.4 Å². The maximum absolute atomic E-state index is 14.0. The normalized spacial score (nSPS) is 16.0. The number of likely N-dealkylation sites (N-methyl/N-ethyl adjacent to an activating group) is 1. The van der Waals surface area contributed by atoms with Gasteiger partial charge in [0.1, 0.15) is 5.82 Å². The summed E-state index contributed by atoms with van der Waals surface area (Å²) in [6.07, 6.45) is 0. The molecule has 0 spiro atoms. The van der Waals surface area contributed by atoms with Gasteiger partial charge in [-0.1, -0.05) is 18.2 Å². The number of hydrogen-bond acceptors (Lipinski definition) is 3. The highest BCUT2D eigenvalue weighted by Gasteiger charge is 2.28. The largest absolute Gasteiger partial charge is 0.326 e. The average Bonchev–Trinajstić information content (AvgIpc) is 2.84. The molecular formula is C16H20BrFN2S. The molecule has 0 aliphatic heterocycles. The van der Waals surface area contributed by atoms with Crippen molar-refractivity contribution in [2.24, 2.45) is 5.73 Å². The predicted octanol–water partition coefficient (Wildman–Crippen LogP) is 4.73. The van der Waals surface area contributed by atoms with Crippen LogP contribution in [0.25, 0.3) is 0 Å². The third-order valence-corrected chi connectivity index (χ3v) is 5.55. The van der Waals surface area contributed by atoms with E-state index in [2.05, 4.69) is 26.9 Å². The third-order valence-electron chi connectivity index (χ3n) is 3.78. The summed E-state index contributed by atoms with van der Waals surface area (Å²) in [4.78, 5) is 3.32. The minimum Gasteiger partial charge on any atom is -0.326 e. The van der Waals surface area contributed by atoms with E-state index in [4.69, 9.17) is 5.73 Å². The number of halogens is 2. The van der Waals surface area contributed by atoms with Crippen LogP contribution < -0.4 is 5.73 Å². The van der Waals surface area contributed by atoms with Gasteiger partial charge >= 0.3 is 0 Å². The highest BCUT2D eigenvalue weighted by Crippen LogP contribution is 2.35. The smallest absolute Gasteiger partial charge is 0.127 e. The Hall–Kier alpha value is -0.750. The second kappa shape index (κ2) is 7.01. The molecule has 21 heavy (non-hydrogen) atoms. The molecule has 3 unspecified atom stereocenters. The SMILES string of the molecule is CC(N)C(c1cc(Br)cs1)N(C)C(C)c1ccccc1F. The van der Waals surface area contributed by atoms with Crippen LogP contribution in [0.3, 0.4) is 0 Å². The lowest BCUT2D eigenvalue weighted by molar-refractivity contribution is 0.165. The summed E-state index contributed by atoms with van der Waals surface area (Å²) >= 11 is 5.15. The van der Waals surface area contributed by atoms with Gasteiger partial charge in [-0.05, 0) is 49.0 Å². The summed E-state index contributed by atoms with van der Waals surface area (Å²) in [7, 11) is 2.00. The Bertz CT molecular complexity index is 599. The van der Waals surface area contributed by atoms with Gasteiger partial charge in [-0.25, -0.2) is 4.39 Å². The molecule has 0 aliphatic carbocycles. The molecule has 1 heterocycles. The van der Waals surface area contributed by atoms with Gasteiger partial charge in [0.15, 0.2) is 0 Å².